The van der Waals surface area contributed by atoms with Crippen molar-refractivity contribution in [3.63, 3.8) is 0 Å². The van der Waals surface area contributed by atoms with Crippen LogP contribution in [-0.4, -0.2) is 23.9 Å². The number of hydrogen-bond donors (Lipinski definition) is 1. The second kappa shape index (κ2) is 8.45. The summed E-state index contributed by atoms with van der Waals surface area (Å²) in [5.41, 5.74) is 3.07. The van der Waals surface area contributed by atoms with Crippen LogP contribution in [0.15, 0.2) is 48.5 Å². The van der Waals surface area contributed by atoms with E-state index in [-0.39, 0.29) is 23.7 Å². The summed E-state index contributed by atoms with van der Waals surface area (Å²) in [6, 6.07) is 15.2. The van der Waals surface area contributed by atoms with E-state index in [1.54, 1.807) is 6.07 Å². The molecular formula is C22H27FN2O. The van der Waals surface area contributed by atoms with Gasteiger partial charge in [-0.05, 0) is 51.4 Å². The first-order valence-electron chi connectivity index (χ1n) is 9.35. The minimum atomic E-state index is -0.153. The van der Waals surface area contributed by atoms with Gasteiger partial charge in [-0.3, -0.25) is 9.69 Å². The smallest absolute Gasteiger partial charge is 0.223 e. The molecule has 3 nitrogen and oxygen atoms in total. The first kappa shape index (κ1) is 18.6. The summed E-state index contributed by atoms with van der Waals surface area (Å²) in [5.74, 6) is 0.0164. The molecule has 3 rings (SSSR count). The highest BCUT2D eigenvalue weighted by molar-refractivity contribution is 5.79. The van der Waals surface area contributed by atoms with Gasteiger partial charge < -0.3 is 5.32 Å². The van der Waals surface area contributed by atoms with E-state index < -0.39 is 0 Å². The monoisotopic (exact) mass is 354 g/mol. The Labute approximate surface area is 155 Å². The van der Waals surface area contributed by atoms with Crippen LogP contribution in [0.2, 0.25) is 0 Å². The SMILES string of the molecule is Cc1ccc(C(C)NC(=O)C2CCN(Cc3ccccc3F)CC2)cc1. The standard InChI is InChI=1S/C22H27FN2O/c1-16-7-9-18(10-8-16)17(2)24-22(26)19-11-13-25(14-12-19)15-20-5-3-4-6-21(20)23/h3-10,17,19H,11-15H2,1-2H3,(H,24,26). The quantitative estimate of drug-likeness (QED) is 0.872. The molecule has 0 aromatic heterocycles. The van der Waals surface area contributed by atoms with Crippen molar-refractivity contribution < 1.29 is 9.18 Å². The Morgan fingerprint density at radius 2 is 1.81 bits per heavy atom. The van der Waals surface area contributed by atoms with Crippen molar-refractivity contribution in [2.24, 2.45) is 5.92 Å². The number of aryl methyl sites for hydroxylation is 1. The highest BCUT2D eigenvalue weighted by Crippen LogP contribution is 2.22. The van der Waals surface area contributed by atoms with E-state index in [1.165, 1.54) is 11.6 Å². The summed E-state index contributed by atoms with van der Waals surface area (Å²) < 4.78 is 13.8. The molecule has 0 spiro atoms. The summed E-state index contributed by atoms with van der Waals surface area (Å²) in [7, 11) is 0. The first-order valence-corrected chi connectivity index (χ1v) is 9.35. The maximum absolute atomic E-state index is 13.8. The van der Waals surface area contributed by atoms with E-state index >= 15 is 0 Å². The Hall–Kier alpha value is -2.20. The number of carbonyl (C=O) groups excluding carboxylic acids is 1. The van der Waals surface area contributed by atoms with E-state index in [0.29, 0.717) is 6.54 Å². The van der Waals surface area contributed by atoms with Gasteiger partial charge in [-0.25, -0.2) is 4.39 Å². The predicted molar refractivity (Wildman–Crippen MR) is 102 cm³/mol. The lowest BCUT2D eigenvalue weighted by molar-refractivity contribution is -0.127. The zero-order valence-corrected chi connectivity index (χ0v) is 15.5. The number of rotatable bonds is 5. The van der Waals surface area contributed by atoms with Crippen LogP contribution in [0, 0.1) is 18.7 Å². The van der Waals surface area contributed by atoms with E-state index in [0.717, 1.165) is 37.1 Å². The largest absolute Gasteiger partial charge is 0.349 e. The summed E-state index contributed by atoms with van der Waals surface area (Å²) in [4.78, 5) is 14.8. The lowest BCUT2D eigenvalue weighted by Crippen LogP contribution is -2.41. The Kier molecular flexibility index (Phi) is 6.04. The van der Waals surface area contributed by atoms with Crippen LogP contribution in [0.1, 0.15) is 42.5 Å². The number of amides is 1. The molecule has 0 aliphatic carbocycles. The van der Waals surface area contributed by atoms with Gasteiger partial charge >= 0.3 is 0 Å². The molecular weight excluding hydrogens is 327 g/mol. The van der Waals surface area contributed by atoms with Gasteiger partial charge in [-0.2, -0.15) is 0 Å². The van der Waals surface area contributed by atoms with E-state index in [1.807, 2.05) is 19.1 Å². The number of halogens is 1. The molecule has 2 aromatic rings. The molecule has 0 bridgehead atoms. The molecule has 1 aliphatic heterocycles. The third-order valence-corrected chi connectivity index (χ3v) is 5.25. The normalized spacial score (nSPS) is 17.0. The second-order valence-corrected chi connectivity index (χ2v) is 7.28. The zero-order valence-electron chi connectivity index (χ0n) is 15.5. The maximum Gasteiger partial charge on any atom is 0.223 e. The number of nitrogens with zero attached hydrogens (tertiary/aromatic N) is 1. The lowest BCUT2D eigenvalue weighted by Gasteiger charge is -2.32. The average molecular weight is 354 g/mol. The molecule has 1 heterocycles. The number of benzene rings is 2. The topological polar surface area (TPSA) is 32.3 Å². The lowest BCUT2D eigenvalue weighted by atomic mass is 9.94. The third-order valence-electron chi connectivity index (χ3n) is 5.25. The van der Waals surface area contributed by atoms with Crippen molar-refractivity contribution >= 4 is 5.91 Å². The number of likely N-dealkylation sites (tertiary alicyclic amines) is 1. The van der Waals surface area contributed by atoms with Crippen molar-refractivity contribution in [1.82, 2.24) is 10.2 Å². The second-order valence-electron chi connectivity index (χ2n) is 7.28. The maximum atomic E-state index is 13.8. The van der Waals surface area contributed by atoms with Gasteiger partial charge in [0.15, 0.2) is 0 Å². The Morgan fingerprint density at radius 3 is 2.46 bits per heavy atom. The molecule has 0 saturated carbocycles. The average Bonchev–Trinajstić information content (AvgIpc) is 2.64. The molecule has 1 fully saturated rings. The molecule has 138 valence electrons. The van der Waals surface area contributed by atoms with Crippen LogP contribution in [0.25, 0.3) is 0 Å². The molecule has 2 aromatic carbocycles. The predicted octanol–water partition coefficient (Wildman–Crippen LogP) is 4.22. The van der Waals surface area contributed by atoms with Gasteiger partial charge in [0.1, 0.15) is 5.82 Å². The van der Waals surface area contributed by atoms with E-state index in [2.05, 4.69) is 41.4 Å². The number of nitrogens with one attached hydrogen (secondary N) is 1. The molecule has 1 amide bonds. The van der Waals surface area contributed by atoms with Gasteiger partial charge in [0.2, 0.25) is 5.91 Å². The molecule has 4 heteroatoms. The van der Waals surface area contributed by atoms with Crippen LogP contribution in [-0.2, 0) is 11.3 Å². The molecule has 1 atom stereocenters. The van der Waals surface area contributed by atoms with Gasteiger partial charge in [-0.1, -0.05) is 48.0 Å². The fourth-order valence-corrected chi connectivity index (χ4v) is 3.49. The fraction of sp³-hybridized carbons (Fsp3) is 0.409. The number of hydrogen-bond acceptors (Lipinski definition) is 2. The van der Waals surface area contributed by atoms with E-state index in [4.69, 9.17) is 0 Å². The van der Waals surface area contributed by atoms with Crippen LogP contribution < -0.4 is 5.32 Å². The number of carbonyl (C=O) groups is 1. The summed E-state index contributed by atoms with van der Waals surface area (Å²) >= 11 is 0. The zero-order chi connectivity index (χ0) is 18.5. The van der Waals surface area contributed by atoms with Gasteiger partial charge in [-0.15, -0.1) is 0 Å². The molecule has 1 saturated heterocycles. The minimum Gasteiger partial charge on any atom is -0.349 e. The van der Waals surface area contributed by atoms with Crippen LogP contribution in [0.5, 0.6) is 0 Å². The van der Waals surface area contributed by atoms with Crippen molar-refractivity contribution in [3.8, 4) is 0 Å². The summed E-state index contributed by atoms with van der Waals surface area (Å²) in [6.07, 6.45) is 1.64. The van der Waals surface area contributed by atoms with Crippen molar-refractivity contribution in [3.05, 3.63) is 71.0 Å². The van der Waals surface area contributed by atoms with E-state index in [9.17, 15) is 9.18 Å². The third kappa shape index (κ3) is 4.70. The Bertz CT molecular complexity index is 736. The molecule has 26 heavy (non-hydrogen) atoms. The van der Waals surface area contributed by atoms with Crippen LogP contribution >= 0.6 is 0 Å². The van der Waals surface area contributed by atoms with Gasteiger partial charge in [0.25, 0.3) is 0 Å². The molecule has 1 unspecified atom stereocenters. The van der Waals surface area contributed by atoms with Gasteiger partial charge in [0.05, 0.1) is 6.04 Å². The molecule has 1 aliphatic rings. The van der Waals surface area contributed by atoms with Crippen molar-refractivity contribution in [2.75, 3.05) is 13.1 Å². The highest BCUT2D eigenvalue weighted by Gasteiger charge is 2.26. The number of piperidine rings is 1. The summed E-state index contributed by atoms with van der Waals surface area (Å²) in [5, 5.41) is 3.14. The van der Waals surface area contributed by atoms with Crippen molar-refractivity contribution in [2.45, 2.75) is 39.3 Å². The molecule has 1 N–H and O–H groups in total. The van der Waals surface area contributed by atoms with Crippen LogP contribution in [0.3, 0.4) is 0 Å². The Morgan fingerprint density at radius 1 is 1.15 bits per heavy atom. The summed E-state index contributed by atoms with van der Waals surface area (Å²) in [6.45, 7) is 6.34. The van der Waals surface area contributed by atoms with Gasteiger partial charge in [0, 0.05) is 18.0 Å². The highest BCUT2D eigenvalue weighted by atomic mass is 19.1. The van der Waals surface area contributed by atoms with Crippen molar-refractivity contribution in [1.29, 1.82) is 0 Å². The fourth-order valence-electron chi connectivity index (χ4n) is 3.49. The van der Waals surface area contributed by atoms with Crippen LogP contribution in [0.4, 0.5) is 4.39 Å². The molecule has 0 radical (unpaired) electrons. The Balaban J connectivity index is 1.49. The minimum absolute atomic E-state index is 0.0135. The first-order chi connectivity index (χ1) is 12.5.